The maximum Gasteiger partial charge on any atom is 0.226 e. The van der Waals surface area contributed by atoms with Crippen LogP contribution in [0.25, 0.3) is 0 Å². The molecular formula is C19H30ClN3O2. The van der Waals surface area contributed by atoms with Gasteiger partial charge in [-0.3, -0.25) is 9.59 Å². The van der Waals surface area contributed by atoms with Gasteiger partial charge in [-0.1, -0.05) is 26.8 Å². The van der Waals surface area contributed by atoms with Gasteiger partial charge in [-0.05, 0) is 56.0 Å². The lowest BCUT2D eigenvalue weighted by Crippen LogP contribution is -2.34. The van der Waals surface area contributed by atoms with Gasteiger partial charge in [0.2, 0.25) is 11.8 Å². The Labute approximate surface area is 156 Å². The number of anilines is 2. The van der Waals surface area contributed by atoms with Gasteiger partial charge in [0.05, 0.1) is 0 Å². The van der Waals surface area contributed by atoms with Gasteiger partial charge in [0.1, 0.15) is 0 Å². The maximum atomic E-state index is 12.3. The van der Waals surface area contributed by atoms with Crippen molar-refractivity contribution in [3.63, 3.8) is 0 Å². The maximum absolute atomic E-state index is 12.3. The molecule has 2 rings (SSSR count). The SMILES string of the molecule is CC(C)C(=O)Nc1cccc(NC(=O)CC(C)C2CCCNC2)c1.Cl. The topological polar surface area (TPSA) is 70.2 Å². The second-order valence-corrected chi connectivity index (χ2v) is 7.06. The molecule has 2 amide bonds. The molecule has 0 radical (unpaired) electrons. The summed E-state index contributed by atoms with van der Waals surface area (Å²) in [5.74, 6) is 0.855. The molecule has 1 aliphatic rings. The lowest BCUT2D eigenvalue weighted by molar-refractivity contribution is -0.119. The number of amides is 2. The summed E-state index contributed by atoms with van der Waals surface area (Å²) >= 11 is 0. The van der Waals surface area contributed by atoms with Crippen LogP contribution in [0.4, 0.5) is 11.4 Å². The van der Waals surface area contributed by atoms with E-state index >= 15 is 0 Å². The zero-order chi connectivity index (χ0) is 17.5. The molecule has 0 saturated carbocycles. The minimum Gasteiger partial charge on any atom is -0.326 e. The first-order valence-corrected chi connectivity index (χ1v) is 8.87. The summed E-state index contributed by atoms with van der Waals surface area (Å²) in [5, 5.41) is 9.19. The standard InChI is InChI=1S/C19H29N3O2.ClH/c1-13(2)19(24)22-17-8-4-7-16(11-17)21-18(23)10-14(3)15-6-5-9-20-12-15;/h4,7-8,11,13-15,20H,5-6,9-10,12H2,1-3H3,(H,21,23)(H,22,24);1H. The van der Waals surface area contributed by atoms with Crippen LogP contribution in [0, 0.1) is 17.8 Å². The van der Waals surface area contributed by atoms with Crippen LogP contribution in [0.2, 0.25) is 0 Å². The van der Waals surface area contributed by atoms with Gasteiger partial charge in [0.15, 0.2) is 0 Å². The van der Waals surface area contributed by atoms with Crippen molar-refractivity contribution in [1.29, 1.82) is 0 Å². The molecule has 0 spiro atoms. The zero-order valence-corrected chi connectivity index (χ0v) is 16.1. The quantitative estimate of drug-likeness (QED) is 0.718. The summed E-state index contributed by atoms with van der Waals surface area (Å²) in [6.07, 6.45) is 2.90. The van der Waals surface area contributed by atoms with Crippen molar-refractivity contribution in [3.05, 3.63) is 24.3 Å². The van der Waals surface area contributed by atoms with E-state index in [2.05, 4.69) is 22.9 Å². The molecule has 0 aromatic heterocycles. The summed E-state index contributed by atoms with van der Waals surface area (Å²) in [6.45, 7) is 7.94. The Morgan fingerprint density at radius 2 is 1.88 bits per heavy atom. The first-order chi connectivity index (χ1) is 11.5. The average Bonchev–Trinajstić information content (AvgIpc) is 2.55. The Kier molecular flexibility index (Phi) is 8.93. The summed E-state index contributed by atoms with van der Waals surface area (Å²) in [4.78, 5) is 24.1. The van der Waals surface area contributed by atoms with Gasteiger partial charge < -0.3 is 16.0 Å². The molecule has 1 aromatic carbocycles. The van der Waals surface area contributed by atoms with Crippen LogP contribution in [0.5, 0.6) is 0 Å². The third-order valence-electron chi connectivity index (χ3n) is 4.59. The highest BCUT2D eigenvalue weighted by Gasteiger charge is 2.22. The molecule has 0 aliphatic carbocycles. The molecule has 2 atom stereocenters. The van der Waals surface area contributed by atoms with Crippen molar-refractivity contribution in [2.45, 2.75) is 40.0 Å². The number of halogens is 1. The minimum atomic E-state index is -0.0757. The van der Waals surface area contributed by atoms with Gasteiger partial charge in [-0.2, -0.15) is 0 Å². The Bertz CT molecular complexity index is 572. The van der Waals surface area contributed by atoms with Gasteiger partial charge in [-0.25, -0.2) is 0 Å². The third kappa shape index (κ3) is 7.04. The van der Waals surface area contributed by atoms with Crippen LogP contribution in [-0.4, -0.2) is 24.9 Å². The molecule has 1 aliphatic heterocycles. The number of carbonyl (C=O) groups is 2. The molecular weight excluding hydrogens is 338 g/mol. The Morgan fingerprint density at radius 1 is 1.20 bits per heavy atom. The highest BCUT2D eigenvalue weighted by molar-refractivity contribution is 5.94. The fourth-order valence-corrected chi connectivity index (χ4v) is 3.00. The number of rotatable bonds is 6. The fourth-order valence-electron chi connectivity index (χ4n) is 3.00. The van der Waals surface area contributed by atoms with E-state index in [0.717, 1.165) is 18.8 Å². The Balaban J connectivity index is 0.00000312. The number of carbonyl (C=O) groups excluding carboxylic acids is 2. The van der Waals surface area contributed by atoms with Crippen LogP contribution in [0.15, 0.2) is 24.3 Å². The Hall–Kier alpha value is -1.59. The summed E-state index contributed by atoms with van der Waals surface area (Å²) in [6, 6.07) is 7.30. The van der Waals surface area contributed by atoms with Crippen molar-refractivity contribution in [1.82, 2.24) is 5.32 Å². The molecule has 140 valence electrons. The van der Waals surface area contributed by atoms with E-state index in [1.54, 1.807) is 6.07 Å². The van der Waals surface area contributed by atoms with E-state index < -0.39 is 0 Å². The van der Waals surface area contributed by atoms with Crippen molar-refractivity contribution in [2.75, 3.05) is 23.7 Å². The minimum absolute atomic E-state index is 0. The van der Waals surface area contributed by atoms with Crippen LogP contribution in [-0.2, 0) is 9.59 Å². The second kappa shape index (κ2) is 10.4. The fraction of sp³-hybridized carbons (Fsp3) is 0.579. The molecule has 6 heteroatoms. The zero-order valence-electron chi connectivity index (χ0n) is 15.3. The monoisotopic (exact) mass is 367 g/mol. The van der Waals surface area contributed by atoms with Crippen LogP contribution < -0.4 is 16.0 Å². The molecule has 2 unspecified atom stereocenters. The molecule has 0 bridgehead atoms. The predicted octanol–water partition coefficient (Wildman–Crippen LogP) is 3.67. The molecule has 1 saturated heterocycles. The second-order valence-electron chi connectivity index (χ2n) is 7.06. The van der Waals surface area contributed by atoms with Crippen molar-refractivity contribution in [2.24, 2.45) is 17.8 Å². The Morgan fingerprint density at radius 3 is 2.48 bits per heavy atom. The number of hydrogen-bond donors (Lipinski definition) is 3. The van der Waals surface area contributed by atoms with Gasteiger partial charge >= 0.3 is 0 Å². The summed E-state index contributed by atoms with van der Waals surface area (Å²) in [7, 11) is 0. The largest absolute Gasteiger partial charge is 0.326 e. The summed E-state index contributed by atoms with van der Waals surface area (Å²) in [5.41, 5.74) is 1.42. The van der Waals surface area contributed by atoms with E-state index in [-0.39, 0.29) is 30.1 Å². The third-order valence-corrected chi connectivity index (χ3v) is 4.59. The normalized spacial score (nSPS) is 18.2. The summed E-state index contributed by atoms with van der Waals surface area (Å²) < 4.78 is 0. The molecule has 1 aromatic rings. The predicted molar refractivity (Wildman–Crippen MR) is 105 cm³/mol. The van der Waals surface area contributed by atoms with E-state index in [0.29, 0.717) is 23.9 Å². The van der Waals surface area contributed by atoms with Crippen molar-refractivity contribution >= 4 is 35.6 Å². The van der Waals surface area contributed by atoms with E-state index in [1.165, 1.54) is 12.8 Å². The van der Waals surface area contributed by atoms with Crippen LogP contribution in [0.1, 0.15) is 40.0 Å². The first kappa shape index (κ1) is 21.5. The lowest BCUT2D eigenvalue weighted by Gasteiger charge is -2.28. The number of benzene rings is 1. The average molecular weight is 368 g/mol. The van der Waals surface area contributed by atoms with Crippen LogP contribution in [0.3, 0.4) is 0 Å². The van der Waals surface area contributed by atoms with E-state index in [4.69, 9.17) is 0 Å². The van der Waals surface area contributed by atoms with E-state index in [1.807, 2.05) is 32.0 Å². The van der Waals surface area contributed by atoms with E-state index in [9.17, 15) is 9.59 Å². The number of hydrogen-bond acceptors (Lipinski definition) is 3. The number of piperidine rings is 1. The van der Waals surface area contributed by atoms with Crippen LogP contribution >= 0.6 is 12.4 Å². The number of nitrogens with one attached hydrogen (secondary N) is 3. The smallest absolute Gasteiger partial charge is 0.226 e. The lowest BCUT2D eigenvalue weighted by atomic mass is 9.85. The molecule has 1 heterocycles. The molecule has 25 heavy (non-hydrogen) atoms. The van der Waals surface area contributed by atoms with Gasteiger partial charge in [0, 0.05) is 23.7 Å². The van der Waals surface area contributed by atoms with Crippen molar-refractivity contribution < 1.29 is 9.59 Å². The molecule has 3 N–H and O–H groups in total. The van der Waals surface area contributed by atoms with Crippen molar-refractivity contribution in [3.8, 4) is 0 Å². The first-order valence-electron chi connectivity index (χ1n) is 8.87. The highest BCUT2D eigenvalue weighted by atomic mass is 35.5. The van der Waals surface area contributed by atoms with Gasteiger partial charge in [-0.15, -0.1) is 12.4 Å². The van der Waals surface area contributed by atoms with Gasteiger partial charge in [0.25, 0.3) is 0 Å². The molecule has 1 fully saturated rings. The highest BCUT2D eigenvalue weighted by Crippen LogP contribution is 2.23. The molecule has 5 nitrogen and oxygen atoms in total.